The van der Waals surface area contributed by atoms with E-state index in [1.807, 2.05) is 32.1 Å². The van der Waals surface area contributed by atoms with Crippen LogP contribution in [0.1, 0.15) is 32.2 Å². The molecule has 3 rings (SSSR count). The number of carbonyl (C=O) groups excluding carboxylic acids is 2. The van der Waals surface area contributed by atoms with Crippen LogP contribution in [0, 0.1) is 11.3 Å². The molecule has 0 spiro atoms. The van der Waals surface area contributed by atoms with Crippen LogP contribution in [-0.2, 0) is 4.79 Å². The van der Waals surface area contributed by atoms with Crippen LogP contribution in [0.25, 0.3) is 0 Å². The predicted octanol–water partition coefficient (Wildman–Crippen LogP) is 2.80. The monoisotopic (exact) mass is 299 g/mol. The summed E-state index contributed by atoms with van der Waals surface area (Å²) in [7, 11) is 0. The molecule has 1 unspecified atom stereocenters. The number of nitrogens with one attached hydrogen (secondary N) is 1. The van der Waals surface area contributed by atoms with Crippen LogP contribution in [0.15, 0.2) is 47.7 Å². The van der Waals surface area contributed by atoms with Crippen molar-refractivity contribution in [2.24, 2.45) is 16.4 Å². The number of rotatable bonds is 4. The molecule has 2 atom stereocenters. The van der Waals surface area contributed by atoms with Crippen LogP contribution in [-0.4, -0.2) is 33.9 Å². The second-order valence-corrected chi connectivity index (χ2v) is 5.91. The van der Waals surface area contributed by atoms with Gasteiger partial charge in [-0.15, -0.1) is 0 Å². The second kappa shape index (κ2) is 5.40. The standard InChI is InChI=1S/C17H19N3O2.H2/c1-12-17(2,13-7-4-3-5-8-13)16(22)20(19-12)11-15(21)14-9-6-10-18-14;/h3-7,9-10,13,18H,8,11H2,1-2H3;1H/t13-,17?;/m0./s1. The summed E-state index contributed by atoms with van der Waals surface area (Å²) >= 11 is 0. The maximum Gasteiger partial charge on any atom is 0.255 e. The average molecular weight is 299 g/mol. The van der Waals surface area contributed by atoms with E-state index < -0.39 is 5.41 Å². The molecule has 1 aliphatic heterocycles. The molecule has 1 N–H and O–H groups in total. The number of hydrogen-bond donors (Lipinski definition) is 1. The van der Waals surface area contributed by atoms with E-state index in [1.54, 1.807) is 18.3 Å². The summed E-state index contributed by atoms with van der Waals surface area (Å²) in [5.74, 6) is -0.160. The summed E-state index contributed by atoms with van der Waals surface area (Å²) in [6.45, 7) is 3.75. The lowest BCUT2D eigenvalue weighted by atomic mass is 9.71. The third-order valence-corrected chi connectivity index (χ3v) is 4.61. The Morgan fingerprint density at radius 1 is 1.55 bits per heavy atom. The molecule has 1 amide bonds. The summed E-state index contributed by atoms with van der Waals surface area (Å²) in [5, 5.41) is 5.67. The van der Waals surface area contributed by atoms with Crippen molar-refractivity contribution in [3.05, 3.63) is 48.3 Å². The van der Waals surface area contributed by atoms with E-state index in [-0.39, 0.29) is 25.6 Å². The lowest BCUT2D eigenvalue weighted by Gasteiger charge is -2.31. The van der Waals surface area contributed by atoms with Gasteiger partial charge in [-0.25, -0.2) is 5.01 Å². The van der Waals surface area contributed by atoms with Crippen molar-refractivity contribution in [2.75, 3.05) is 6.54 Å². The number of hydrogen-bond acceptors (Lipinski definition) is 3. The van der Waals surface area contributed by atoms with E-state index in [2.05, 4.69) is 16.2 Å². The SMILES string of the molecule is CC1=NN(CC(=O)c2ccc[nH]2)C(=O)C1(C)[C@H]1C=CC=CC1.[HH]. The lowest BCUT2D eigenvalue weighted by molar-refractivity contribution is -0.136. The maximum atomic E-state index is 12.8. The van der Waals surface area contributed by atoms with Crippen LogP contribution >= 0.6 is 0 Å². The number of H-pyrrole nitrogens is 1. The fourth-order valence-corrected chi connectivity index (χ4v) is 3.02. The zero-order valence-electron chi connectivity index (χ0n) is 12.7. The van der Waals surface area contributed by atoms with Gasteiger partial charge < -0.3 is 4.98 Å². The van der Waals surface area contributed by atoms with Crippen molar-refractivity contribution in [1.82, 2.24) is 9.99 Å². The van der Waals surface area contributed by atoms with Crippen LogP contribution in [0.5, 0.6) is 0 Å². The molecule has 0 fully saturated rings. The number of Topliss-reactive ketones (excluding diaryl/α,β-unsaturated/α-hetero) is 1. The Labute approximate surface area is 130 Å². The number of aromatic amines is 1. The van der Waals surface area contributed by atoms with Crippen molar-refractivity contribution < 1.29 is 11.0 Å². The van der Waals surface area contributed by atoms with E-state index in [0.717, 1.165) is 12.1 Å². The second-order valence-electron chi connectivity index (χ2n) is 5.91. The normalized spacial score (nSPS) is 27.4. The molecule has 0 saturated heterocycles. The van der Waals surface area contributed by atoms with Crippen molar-refractivity contribution in [1.29, 1.82) is 0 Å². The minimum absolute atomic E-state index is 0. The molecule has 0 aromatic carbocycles. The number of ketones is 1. The van der Waals surface area contributed by atoms with Crippen LogP contribution < -0.4 is 0 Å². The Hall–Kier alpha value is -2.43. The zero-order chi connectivity index (χ0) is 15.7. The highest BCUT2D eigenvalue weighted by Gasteiger charge is 2.49. The Bertz CT molecular complexity index is 691. The van der Waals surface area contributed by atoms with Gasteiger partial charge in [-0.1, -0.05) is 24.3 Å². The first kappa shape index (κ1) is 14.5. The molecule has 2 heterocycles. The van der Waals surface area contributed by atoms with E-state index in [0.29, 0.717) is 5.69 Å². The fraction of sp³-hybridized carbons (Fsp3) is 0.353. The van der Waals surface area contributed by atoms with Gasteiger partial charge in [0.25, 0.3) is 5.91 Å². The molecule has 5 heteroatoms. The molecule has 2 aliphatic rings. The van der Waals surface area contributed by atoms with E-state index >= 15 is 0 Å². The minimum Gasteiger partial charge on any atom is -0.359 e. The van der Waals surface area contributed by atoms with Crippen LogP contribution in [0.2, 0.25) is 0 Å². The van der Waals surface area contributed by atoms with Crippen molar-refractivity contribution in [3.63, 3.8) is 0 Å². The maximum absolute atomic E-state index is 12.8. The van der Waals surface area contributed by atoms with Crippen molar-refractivity contribution in [3.8, 4) is 0 Å². The molecule has 0 bridgehead atoms. The Morgan fingerprint density at radius 3 is 3.00 bits per heavy atom. The van der Waals surface area contributed by atoms with Gasteiger partial charge in [0.05, 0.1) is 16.8 Å². The first-order chi connectivity index (χ1) is 10.5. The van der Waals surface area contributed by atoms with Gasteiger partial charge in [-0.3, -0.25) is 9.59 Å². The number of allylic oxidation sites excluding steroid dienone is 4. The number of hydrazone groups is 1. The van der Waals surface area contributed by atoms with Gasteiger partial charge in [-0.2, -0.15) is 5.10 Å². The predicted molar refractivity (Wildman–Crippen MR) is 86.6 cm³/mol. The molecule has 1 aromatic heterocycles. The molecular weight excluding hydrogens is 278 g/mol. The highest BCUT2D eigenvalue weighted by Crippen LogP contribution is 2.40. The third kappa shape index (κ3) is 2.22. The third-order valence-electron chi connectivity index (χ3n) is 4.61. The topological polar surface area (TPSA) is 65.5 Å². The minimum atomic E-state index is -0.669. The van der Waals surface area contributed by atoms with Gasteiger partial charge in [0.1, 0.15) is 6.54 Å². The van der Waals surface area contributed by atoms with Gasteiger partial charge in [0.15, 0.2) is 0 Å². The summed E-state index contributed by atoms with van der Waals surface area (Å²) in [4.78, 5) is 27.9. The number of aromatic nitrogens is 1. The van der Waals surface area contributed by atoms with E-state index in [4.69, 9.17) is 0 Å². The number of amides is 1. The Kier molecular flexibility index (Phi) is 3.56. The van der Waals surface area contributed by atoms with Gasteiger partial charge in [-0.05, 0) is 32.4 Å². The molecule has 1 aliphatic carbocycles. The first-order valence-electron chi connectivity index (χ1n) is 7.41. The largest absolute Gasteiger partial charge is 0.359 e. The Morgan fingerprint density at radius 2 is 2.36 bits per heavy atom. The van der Waals surface area contributed by atoms with Crippen molar-refractivity contribution >= 4 is 17.4 Å². The molecule has 0 saturated carbocycles. The summed E-state index contributed by atoms with van der Waals surface area (Å²) in [6.07, 6.45) is 10.6. The highest BCUT2D eigenvalue weighted by atomic mass is 16.2. The molecule has 5 nitrogen and oxygen atoms in total. The van der Waals surface area contributed by atoms with Crippen LogP contribution in [0.3, 0.4) is 0 Å². The van der Waals surface area contributed by atoms with Gasteiger partial charge >= 0.3 is 0 Å². The van der Waals surface area contributed by atoms with E-state index in [9.17, 15) is 9.59 Å². The smallest absolute Gasteiger partial charge is 0.255 e. The zero-order valence-corrected chi connectivity index (χ0v) is 12.7. The van der Waals surface area contributed by atoms with Gasteiger partial charge in [0.2, 0.25) is 5.78 Å². The van der Waals surface area contributed by atoms with E-state index in [1.165, 1.54) is 5.01 Å². The molecule has 116 valence electrons. The quantitative estimate of drug-likeness (QED) is 0.869. The number of carbonyl (C=O) groups is 2. The summed E-state index contributed by atoms with van der Waals surface area (Å²) < 4.78 is 0. The molecule has 0 radical (unpaired) electrons. The highest BCUT2D eigenvalue weighted by molar-refractivity contribution is 6.12. The Balaban J connectivity index is 0.00000192. The fourth-order valence-electron chi connectivity index (χ4n) is 3.02. The van der Waals surface area contributed by atoms with Crippen LogP contribution in [0.4, 0.5) is 0 Å². The lowest BCUT2D eigenvalue weighted by Crippen LogP contribution is -2.43. The van der Waals surface area contributed by atoms with Crippen molar-refractivity contribution in [2.45, 2.75) is 20.3 Å². The molecule has 1 aromatic rings. The van der Waals surface area contributed by atoms with Gasteiger partial charge in [0, 0.05) is 13.5 Å². The first-order valence-corrected chi connectivity index (χ1v) is 7.41. The molecular formula is C17H21N3O2. The molecule has 22 heavy (non-hydrogen) atoms. The summed E-state index contributed by atoms with van der Waals surface area (Å²) in [6, 6.07) is 3.46. The average Bonchev–Trinajstić information content (AvgIpc) is 3.13. The summed E-state index contributed by atoms with van der Waals surface area (Å²) in [5.41, 5.74) is 0.591. The number of nitrogens with zero attached hydrogens (tertiary/aromatic N) is 2.